The molecule has 7 nitrogen and oxygen atoms in total. The number of ether oxygens (including phenoxy) is 1. The number of aliphatic carboxylic acids is 1. The largest absolute Gasteiger partial charge is 0.497 e. The van der Waals surface area contributed by atoms with Gasteiger partial charge in [-0.15, -0.1) is 5.10 Å². The van der Waals surface area contributed by atoms with E-state index in [1.165, 1.54) is 4.68 Å². The van der Waals surface area contributed by atoms with E-state index in [-0.39, 0.29) is 6.54 Å². The zero-order chi connectivity index (χ0) is 12.3. The number of tetrazole rings is 1. The molecule has 88 valence electrons. The van der Waals surface area contributed by atoms with Crippen LogP contribution in [0.4, 0.5) is 0 Å². The van der Waals surface area contributed by atoms with Gasteiger partial charge < -0.3 is 9.84 Å². The van der Waals surface area contributed by atoms with Gasteiger partial charge in [-0.1, -0.05) is 0 Å². The summed E-state index contributed by atoms with van der Waals surface area (Å²) in [6, 6.07) is 7.05. The molecule has 1 N–H and O–H groups in total. The van der Waals surface area contributed by atoms with Gasteiger partial charge in [0.1, 0.15) is 12.3 Å². The van der Waals surface area contributed by atoms with Crippen LogP contribution in [0.3, 0.4) is 0 Å². The van der Waals surface area contributed by atoms with Gasteiger partial charge in [-0.2, -0.15) is 0 Å². The van der Waals surface area contributed by atoms with Gasteiger partial charge in [-0.05, 0) is 34.7 Å². The molecular formula is C10H10N4O3. The molecule has 2 rings (SSSR count). The SMILES string of the molecule is COc1ccc(-c2nnnn2CC(=O)O)cc1. The van der Waals surface area contributed by atoms with Crippen LogP contribution in [0.15, 0.2) is 24.3 Å². The third kappa shape index (κ3) is 2.39. The highest BCUT2D eigenvalue weighted by atomic mass is 16.5. The second-order valence-electron chi connectivity index (χ2n) is 3.28. The fourth-order valence-electron chi connectivity index (χ4n) is 1.39. The lowest BCUT2D eigenvalue weighted by Gasteiger charge is -2.03. The van der Waals surface area contributed by atoms with Crippen LogP contribution < -0.4 is 4.74 Å². The smallest absolute Gasteiger partial charge is 0.325 e. The number of methoxy groups -OCH3 is 1. The summed E-state index contributed by atoms with van der Waals surface area (Å²) in [5, 5.41) is 19.6. The third-order valence-electron chi connectivity index (χ3n) is 2.17. The third-order valence-corrected chi connectivity index (χ3v) is 2.17. The predicted molar refractivity (Wildman–Crippen MR) is 57.4 cm³/mol. The monoisotopic (exact) mass is 234 g/mol. The first kappa shape index (κ1) is 11.1. The zero-order valence-electron chi connectivity index (χ0n) is 9.07. The maximum atomic E-state index is 10.6. The number of carboxylic acids is 1. The highest BCUT2D eigenvalue weighted by Crippen LogP contribution is 2.19. The Morgan fingerprint density at radius 2 is 2.12 bits per heavy atom. The average molecular weight is 234 g/mol. The summed E-state index contributed by atoms with van der Waals surface area (Å²) in [5.41, 5.74) is 0.733. The standard InChI is InChI=1S/C10H10N4O3/c1-17-8-4-2-7(3-5-8)10-11-12-13-14(10)6-9(15)16/h2-5H,6H2,1H3,(H,15,16). The van der Waals surface area contributed by atoms with E-state index in [2.05, 4.69) is 15.5 Å². The second kappa shape index (κ2) is 4.60. The summed E-state index contributed by atoms with van der Waals surface area (Å²) < 4.78 is 6.26. The molecule has 0 atom stereocenters. The Bertz CT molecular complexity index is 521. The van der Waals surface area contributed by atoms with Crippen molar-refractivity contribution in [2.75, 3.05) is 7.11 Å². The van der Waals surface area contributed by atoms with Crippen molar-refractivity contribution in [3.8, 4) is 17.1 Å². The quantitative estimate of drug-likeness (QED) is 0.825. The topological polar surface area (TPSA) is 90.1 Å². The Morgan fingerprint density at radius 1 is 1.41 bits per heavy atom. The summed E-state index contributed by atoms with van der Waals surface area (Å²) in [5.74, 6) is 0.133. The molecule has 7 heteroatoms. The van der Waals surface area contributed by atoms with E-state index in [0.717, 1.165) is 5.56 Å². The fourth-order valence-corrected chi connectivity index (χ4v) is 1.39. The average Bonchev–Trinajstić information content (AvgIpc) is 2.76. The van der Waals surface area contributed by atoms with Crippen molar-refractivity contribution in [3.63, 3.8) is 0 Å². The number of carboxylic acid groups (broad SMARTS) is 1. The van der Waals surface area contributed by atoms with Gasteiger partial charge in [0, 0.05) is 5.56 Å². The van der Waals surface area contributed by atoms with Crippen LogP contribution in [0.5, 0.6) is 5.75 Å². The van der Waals surface area contributed by atoms with Crippen LogP contribution in [0.1, 0.15) is 0 Å². The lowest BCUT2D eigenvalue weighted by atomic mass is 10.2. The van der Waals surface area contributed by atoms with Gasteiger partial charge in [0.15, 0.2) is 5.82 Å². The highest BCUT2D eigenvalue weighted by Gasteiger charge is 2.11. The number of hydrogen-bond acceptors (Lipinski definition) is 5. The van der Waals surface area contributed by atoms with Gasteiger partial charge in [0.2, 0.25) is 0 Å². The van der Waals surface area contributed by atoms with E-state index in [1.54, 1.807) is 31.4 Å². The van der Waals surface area contributed by atoms with Crippen molar-refractivity contribution in [2.24, 2.45) is 0 Å². The Labute approximate surface area is 96.6 Å². The van der Waals surface area contributed by atoms with Crippen molar-refractivity contribution < 1.29 is 14.6 Å². The number of hydrogen-bond donors (Lipinski definition) is 1. The molecule has 0 aliphatic rings. The molecule has 1 heterocycles. The molecule has 0 unspecified atom stereocenters. The molecule has 0 saturated carbocycles. The number of rotatable bonds is 4. The van der Waals surface area contributed by atoms with Crippen LogP contribution in [0.2, 0.25) is 0 Å². The summed E-state index contributed by atoms with van der Waals surface area (Å²) in [6.45, 7) is -0.269. The lowest BCUT2D eigenvalue weighted by molar-refractivity contribution is -0.137. The highest BCUT2D eigenvalue weighted by molar-refractivity contribution is 5.67. The van der Waals surface area contributed by atoms with E-state index in [0.29, 0.717) is 11.6 Å². The molecule has 1 aromatic carbocycles. The summed E-state index contributed by atoms with van der Waals surface area (Å²) >= 11 is 0. The zero-order valence-corrected chi connectivity index (χ0v) is 9.07. The molecule has 17 heavy (non-hydrogen) atoms. The minimum Gasteiger partial charge on any atom is -0.497 e. The first-order chi connectivity index (χ1) is 8.20. The summed E-state index contributed by atoms with van der Waals surface area (Å²) in [7, 11) is 1.57. The molecule has 0 bridgehead atoms. The van der Waals surface area contributed by atoms with Crippen molar-refractivity contribution in [1.29, 1.82) is 0 Å². The van der Waals surface area contributed by atoms with Gasteiger partial charge >= 0.3 is 5.97 Å². The van der Waals surface area contributed by atoms with E-state index >= 15 is 0 Å². The van der Waals surface area contributed by atoms with E-state index in [1.807, 2.05) is 0 Å². The second-order valence-corrected chi connectivity index (χ2v) is 3.28. The van der Waals surface area contributed by atoms with Crippen molar-refractivity contribution in [3.05, 3.63) is 24.3 Å². The van der Waals surface area contributed by atoms with Gasteiger partial charge in [-0.3, -0.25) is 4.79 Å². The molecule has 0 saturated heterocycles. The normalized spacial score (nSPS) is 10.2. The Balaban J connectivity index is 2.32. The minimum atomic E-state index is -0.993. The van der Waals surface area contributed by atoms with Crippen LogP contribution in [0.25, 0.3) is 11.4 Å². The first-order valence-electron chi connectivity index (χ1n) is 4.83. The van der Waals surface area contributed by atoms with Gasteiger partial charge in [-0.25, -0.2) is 4.68 Å². The molecule has 0 aliphatic heterocycles. The van der Waals surface area contributed by atoms with E-state index in [9.17, 15) is 4.79 Å². The molecular weight excluding hydrogens is 224 g/mol. The summed E-state index contributed by atoms with van der Waals surface area (Å²) in [4.78, 5) is 10.6. The molecule has 0 radical (unpaired) electrons. The maximum absolute atomic E-state index is 10.6. The minimum absolute atomic E-state index is 0.269. The van der Waals surface area contributed by atoms with Crippen molar-refractivity contribution >= 4 is 5.97 Å². The molecule has 0 amide bonds. The molecule has 1 aromatic heterocycles. The molecule has 2 aromatic rings. The Kier molecular flexibility index (Phi) is 2.99. The molecule has 0 fully saturated rings. The number of benzene rings is 1. The Hall–Kier alpha value is -2.44. The van der Waals surface area contributed by atoms with Crippen LogP contribution >= 0.6 is 0 Å². The molecule has 0 aliphatic carbocycles. The lowest BCUT2D eigenvalue weighted by Crippen LogP contribution is -2.11. The van der Waals surface area contributed by atoms with Gasteiger partial charge in [0.05, 0.1) is 7.11 Å². The number of aromatic nitrogens is 4. The maximum Gasteiger partial charge on any atom is 0.325 e. The Morgan fingerprint density at radius 3 is 2.71 bits per heavy atom. The predicted octanol–water partition coefficient (Wildman–Crippen LogP) is 0.433. The molecule has 0 spiro atoms. The van der Waals surface area contributed by atoms with E-state index in [4.69, 9.17) is 9.84 Å². The van der Waals surface area contributed by atoms with Crippen LogP contribution in [0, 0.1) is 0 Å². The fraction of sp³-hybridized carbons (Fsp3) is 0.200. The van der Waals surface area contributed by atoms with Crippen LogP contribution in [-0.4, -0.2) is 38.4 Å². The van der Waals surface area contributed by atoms with E-state index < -0.39 is 5.97 Å². The van der Waals surface area contributed by atoms with Gasteiger partial charge in [0.25, 0.3) is 0 Å². The first-order valence-corrected chi connectivity index (χ1v) is 4.83. The number of carbonyl (C=O) groups is 1. The summed E-state index contributed by atoms with van der Waals surface area (Å²) in [6.07, 6.45) is 0. The van der Waals surface area contributed by atoms with Crippen molar-refractivity contribution in [2.45, 2.75) is 6.54 Å². The number of nitrogens with zero attached hydrogens (tertiary/aromatic N) is 4. The van der Waals surface area contributed by atoms with Crippen molar-refractivity contribution in [1.82, 2.24) is 20.2 Å². The van der Waals surface area contributed by atoms with Crippen LogP contribution in [-0.2, 0) is 11.3 Å².